The van der Waals surface area contributed by atoms with E-state index in [1.807, 2.05) is 26.8 Å². The average Bonchev–Trinajstić information content (AvgIpc) is 2.17. The van der Waals surface area contributed by atoms with Crippen molar-refractivity contribution < 1.29 is 8.42 Å². The van der Waals surface area contributed by atoms with Crippen molar-refractivity contribution in [3.8, 4) is 0 Å². The molecule has 0 aliphatic heterocycles. The molecule has 0 heterocycles. The zero-order valence-corrected chi connectivity index (χ0v) is 10.1. The fourth-order valence-electron chi connectivity index (χ4n) is 1.24. The predicted molar refractivity (Wildman–Crippen MR) is 62.5 cm³/mol. The Morgan fingerprint density at radius 3 is 2.33 bits per heavy atom. The van der Waals surface area contributed by atoms with Crippen molar-refractivity contribution in [2.75, 3.05) is 0 Å². The van der Waals surface area contributed by atoms with E-state index >= 15 is 0 Å². The van der Waals surface area contributed by atoms with Gasteiger partial charge in [-0.15, -0.1) is 0 Å². The lowest BCUT2D eigenvalue weighted by molar-refractivity contribution is 0.585. The van der Waals surface area contributed by atoms with Crippen molar-refractivity contribution in [2.45, 2.75) is 31.1 Å². The Balaban J connectivity index is 3.33. The quantitative estimate of drug-likeness (QED) is 0.774. The summed E-state index contributed by atoms with van der Waals surface area (Å²) < 4.78 is 23.1. The number of hydrogen-bond acceptors (Lipinski definition) is 2. The number of hydrogen-bond donors (Lipinski definition) is 0. The molecule has 2 nitrogen and oxygen atoms in total. The summed E-state index contributed by atoms with van der Waals surface area (Å²) in [6, 6.07) is 6.99. The van der Waals surface area contributed by atoms with E-state index in [0.29, 0.717) is 4.90 Å². The van der Waals surface area contributed by atoms with E-state index in [0.717, 1.165) is 11.0 Å². The molecule has 0 aliphatic carbocycles. The first-order valence-corrected chi connectivity index (χ1v) is 6.30. The molecule has 15 heavy (non-hydrogen) atoms. The van der Waals surface area contributed by atoms with Crippen LogP contribution in [0.25, 0.3) is 0 Å². The maximum absolute atomic E-state index is 11.6. The third-order valence-corrected chi connectivity index (χ3v) is 3.60. The molecule has 0 amide bonds. The predicted octanol–water partition coefficient (Wildman–Crippen LogP) is 2.90. The first kappa shape index (κ1) is 12.0. The van der Waals surface area contributed by atoms with Gasteiger partial charge < -0.3 is 0 Å². The molecule has 0 unspecified atom stereocenters. The van der Waals surface area contributed by atoms with Crippen LogP contribution in [0, 0.1) is 0 Å². The molecular weight excluding hydrogens is 208 g/mol. The van der Waals surface area contributed by atoms with E-state index in [1.165, 1.54) is 0 Å². The van der Waals surface area contributed by atoms with Crippen molar-refractivity contribution in [3.05, 3.63) is 41.8 Å². The molecule has 82 valence electrons. The summed E-state index contributed by atoms with van der Waals surface area (Å²) >= 11 is 0. The van der Waals surface area contributed by atoms with E-state index in [4.69, 9.17) is 0 Å². The Kier molecular flexibility index (Phi) is 3.05. The van der Waals surface area contributed by atoms with Gasteiger partial charge >= 0.3 is 0 Å². The molecule has 0 N–H and O–H groups in total. The van der Waals surface area contributed by atoms with Gasteiger partial charge in [0.1, 0.15) is 0 Å². The fraction of sp³-hybridized carbons (Fsp3) is 0.333. The highest BCUT2D eigenvalue weighted by Gasteiger charge is 2.16. The van der Waals surface area contributed by atoms with Crippen LogP contribution in [-0.2, 0) is 15.3 Å². The third kappa shape index (κ3) is 2.69. The molecule has 0 spiro atoms. The highest BCUT2D eigenvalue weighted by molar-refractivity contribution is 7.94. The van der Waals surface area contributed by atoms with Crippen LogP contribution in [0.5, 0.6) is 0 Å². The lowest BCUT2D eigenvalue weighted by Gasteiger charge is -2.19. The van der Waals surface area contributed by atoms with Gasteiger partial charge in [-0.2, -0.15) is 0 Å². The lowest BCUT2D eigenvalue weighted by atomic mass is 9.87. The molecule has 0 saturated carbocycles. The van der Waals surface area contributed by atoms with E-state index < -0.39 is 9.84 Å². The van der Waals surface area contributed by atoms with Crippen molar-refractivity contribution in [1.29, 1.82) is 0 Å². The summed E-state index contributed by atoms with van der Waals surface area (Å²) in [5, 5.41) is 0.981. The monoisotopic (exact) mass is 224 g/mol. The first-order valence-electron chi connectivity index (χ1n) is 4.75. The summed E-state index contributed by atoms with van der Waals surface area (Å²) in [5.41, 5.74) is 0.956. The topological polar surface area (TPSA) is 34.1 Å². The minimum Gasteiger partial charge on any atom is -0.219 e. The summed E-state index contributed by atoms with van der Waals surface area (Å²) in [6.07, 6.45) is 0. The minimum absolute atomic E-state index is 0.0489. The number of rotatable bonds is 2. The zero-order valence-electron chi connectivity index (χ0n) is 9.32. The fourth-order valence-corrected chi connectivity index (χ4v) is 1.99. The highest BCUT2D eigenvalue weighted by atomic mass is 32.2. The molecular formula is C12H16O2S. The van der Waals surface area contributed by atoms with Crippen molar-refractivity contribution in [2.24, 2.45) is 0 Å². The van der Waals surface area contributed by atoms with E-state index in [1.54, 1.807) is 18.2 Å². The Hall–Kier alpha value is -1.09. The molecule has 0 radical (unpaired) electrons. The first-order chi connectivity index (χ1) is 6.77. The van der Waals surface area contributed by atoms with Gasteiger partial charge in [0.15, 0.2) is 9.84 Å². The molecule has 3 heteroatoms. The largest absolute Gasteiger partial charge is 0.219 e. The van der Waals surface area contributed by atoms with Crippen LogP contribution in [-0.4, -0.2) is 8.42 Å². The molecule has 1 aromatic carbocycles. The van der Waals surface area contributed by atoms with Crippen LogP contribution in [0.15, 0.2) is 41.1 Å². The van der Waals surface area contributed by atoms with Gasteiger partial charge in [0.2, 0.25) is 0 Å². The van der Waals surface area contributed by atoms with Gasteiger partial charge in [-0.05, 0) is 23.1 Å². The second kappa shape index (κ2) is 3.81. The van der Waals surface area contributed by atoms with Gasteiger partial charge in [-0.3, -0.25) is 0 Å². The summed E-state index contributed by atoms with van der Waals surface area (Å²) in [7, 11) is -3.32. The van der Waals surface area contributed by atoms with Gasteiger partial charge in [0, 0.05) is 5.41 Å². The third-order valence-electron chi connectivity index (χ3n) is 2.25. The Bertz CT molecular complexity index is 465. The second-order valence-corrected chi connectivity index (χ2v) is 6.38. The van der Waals surface area contributed by atoms with Crippen molar-refractivity contribution in [3.63, 3.8) is 0 Å². The van der Waals surface area contributed by atoms with Crippen LogP contribution in [0.4, 0.5) is 0 Å². The molecule has 0 saturated heterocycles. The molecule has 0 aliphatic rings. The van der Waals surface area contributed by atoms with E-state index in [9.17, 15) is 8.42 Å². The SMILES string of the molecule is C=CS(=O)(=O)c1cccc(C(C)(C)C)c1. The van der Waals surface area contributed by atoms with Crippen LogP contribution in [0.3, 0.4) is 0 Å². The van der Waals surface area contributed by atoms with Crippen molar-refractivity contribution >= 4 is 9.84 Å². The Morgan fingerprint density at radius 1 is 1.27 bits per heavy atom. The zero-order chi connectivity index (χ0) is 11.7. The minimum atomic E-state index is -3.32. The Morgan fingerprint density at radius 2 is 1.87 bits per heavy atom. The average molecular weight is 224 g/mol. The van der Waals surface area contributed by atoms with Gasteiger partial charge in [-0.25, -0.2) is 8.42 Å². The standard InChI is InChI=1S/C12H16O2S/c1-5-15(13,14)11-8-6-7-10(9-11)12(2,3)4/h5-9H,1H2,2-4H3. The summed E-state index contributed by atoms with van der Waals surface area (Å²) in [4.78, 5) is 0.310. The maximum atomic E-state index is 11.6. The van der Waals surface area contributed by atoms with Crippen molar-refractivity contribution in [1.82, 2.24) is 0 Å². The van der Waals surface area contributed by atoms with Crippen LogP contribution < -0.4 is 0 Å². The van der Waals surface area contributed by atoms with Gasteiger partial charge in [0.25, 0.3) is 0 Å². The molecule has 1 aromatic rings. The van der Waals surface area contributed by atoms with Crippen LogP contribution in [0.1, 0.15) is 26.3 Å². The molecule has 0 fully saturated rings. The normalized spacial score (nSPS) is 12.5. The lowest BCUT2D eigenvalue weighted by Crippen LogP contribution is -2.11. The van der Waals surface area contributed by atoms with Crippen LogP contribution >= 0.6 is 0 Å². The molecule has 1 rings (SSSR count). The Labute approximate surface area is 91.6 Å². The maximum Gasteiger partial charge on any atom is 0.199 e. The highest BCUT2D eigenvalue weighted by Crippen LogP contribution is 2.24. The number of sulfone groups is 1. The summed E-state index contributed by atoms with van der Waals surface area (Å²) in [5.74, 6) is 0. The van der Waals surface area contributed by atoms with Gasteiger partial charge in [0.05, 0.1) is 4.90 Å². The molecule has 0 aromatic heterocycles. The van der Waals surface area contributed by atoms with E-state index in [2.05, 4.69) is 6.58 Å². The second-order valence-electron chi connectivity index (χ2n) is 4.49. The smallest absolute Gasteiger partial charge is 0.199 e. The van der Waals surface area contributed by atoms with Gasteiger partial charge in [-0.1, -0.05) is 39.5 Å². The van der Waals surface area contributed by atoms with Crippen LogP contribution in [0.2, 0.25) is 0 Å². The molecule has 0 bridgehead atoms. The number of benzene rings is 1. The van der Waals surface area contributed by atoms with E-state index in [-0.39, 0.29) is 5.41 Å². The molecule has 0 atom stereocenters. The summed E-state index contributed by atoms with van der Waals surface area (Å²) in [6.45, 7) is 9.46.